The number of aromatic nitrogens is 1. The number of hydrogen-bond acceptors (Lipinski definition) is 4. The SMILES string of the molecule is CNC(=O)[C@H]1CN(Cc2cccc3cccnc23)c2ccccc2O1. The van der Waals surface area contributed by atoms with E-state index in [0.29, 0.717) is 13.1 Å². The molecule has 2 heterocycles. The second-order valence-electron chi connectivity index (χ2n) is 6.06. The third-order valence-electron chi connectivity index (χ3n) is 4.48. The minimum absolute atomic E-state index is 0.115. The average molecular weight is 333 g/mol. The number of pyridine rings is 1. The topological polar surface area (TPSA) is 54.5 Å². The predicted molar refractivity (Wildman–Crippen MR) is 97.7 cm³/mol. The van der Waals surface area contributed by atoms with E-state index in [2.05, 4.69) is 33.4 Å². The Morgan fingerprint density at radius 3 is 2.92 bits per heavy atom. The van der Waals surface area contributed by atoms with Crippen LogP contribution in [0.1, 0.15) is 5.56 Å². The average Bonchev–Trinajstić information content (AvgIpc) is 2.67. The summed E-state index contributed by atoms with van der Waals surface area (Å²) in [4.78, 5) is 18.8. The molecule has 1 aliphatic heterocycles. The summed E-state index contributed by atoms with van der Waals surface area (Å²) >= 11 is 0. The Bertz CT molecular complexity index is 920. The van der Waals surface area contributed by atoms with Crippen LogP contribution in [0.5, 0.6) is 5.75 Å². The molecule has 0 aliphatic carbocycles. The molecule has 1 aliphatic rings. The van der Waals surface area contributed by atoms with E-state index in [0.717, 1.165) is 27.9 Å². The van der Waals surface area contributed by atoms with Gasteiger partial charge in [0.05, 0.1) is 17.7 Å². The standard InChI is InChI=1S/C20H19N3O2/c1-21-20(24)18-13-23(16-9-2-3-10-17(16)25-18)12-15-7-4-6-14-8-5-11-22-19(14)15/h2-11,18H,12-13H2,1H3,(H,21,24)/t18-/m1/s1. The summed E-state index contributed by atoms with van der Waals surface area (Å²) in [5.74, 6) is 0.617. The van der Waals surface area contributed by atoms with Crippen LogP contribution in [0.3, 0.4) is 0 Å². The summed E-state index contributed by atoms with van der Waals surface area (Å²) in [7, 11) is 1.63. The number of nitrogens with zero attached hydrogens (tertiary/aromatic N) is 2. The maximum absolute atomic E-state index is 12.1. The molecular formula is C20H19N3O2. The molecule has 2 aromatic carbocycles. The fraction of sp³-hybridized carbons (Fsp3) is 0.200. The number of para-hydroxylation sites is 3. The number of ether oxygens (including phenoxy) is 1. The van der Waals surface area contributed by atoms with Crippen LogP contribution in [-0.2, 0) is 11.3 Å². The highest BCUT2D eigenvalue weighted by Gasteiger charge is 2.30. The minimum Gasteiger partial charge on any atom is -0.477 e. The van der Waals surface area contributed by atoms with Gasteiger partial charge < -0.3 is 15.0 Å². The number of fused-ring (bicyclic) bond motifs is 2. The molecule has 5 heteroatoms. The molecule has 25 heavy (non-hydrogen) atoms. The third kappa shape index (κ3) is 2.89. The number of carbonyl (C=O) groups is 1. The van der Waals surface area contributed by atoms with E-state index in [9.17, 15) is 4.79 Å². The molecule has 1 atom stereocenters. The van der Waals surface area contributed by atoms with Crippen LogP contribution in [-0.4, -0.2) is 30.6 Å². The van der Waals surface area contributed by atoms with Crippen molar-refractivity contribution >= 4 is 22.5 Å². The first kappa shape index (κ1) is 15.4. The van der Waals surface area contributed by atoms with Gasteiger partial charge >= 0.3 is 0 Å². The molecule has 126 valence electrons. The second kappa shape index (κ2) is 6.43. The molecular weight excluding hydrogens is 314 g/mol. The van der Waals surface area contributed by atoms with E-state index >= 15 is 0 Å². The Morgan fingerprint density at radius 2 is 2.04 bits per heavy atom. The van der Waals surface area contributed by atoms with E-state index in [4.69, 9.17) is 4.74 Å². The summed E-state index contributed by atoms with van der Waals surface area (Å²) in [6, 6.07) is 18.0. The van der Waals surface area contributed by atoms with Gasteiger partial charge in [-0.2, -0.15) is 0 Å². The smallest absolute Gasteiger partial charge is 0.262 e. The van der Waals surface area contributed by atoms with Crippen LogP contribution in [0.25, 0.3) is 10.9 Å². The Labute approximate surface area is 146 Å². The van der Waals surface area contributed by atoms with Crippen molar-refractivity contribution in [1.29, 1.82) is 0 Å². The van der Waals surface area contributed by atoms with Crippen LogP contribution in [0, 0.1) is 0 Å². The molecule has 0 spiro atoms. The quantitative estimate of drug-likeness (QED) is 0.801. The summed E-state index contributed by atoms with van der Waals surface area (Å²) in [6.45, 7) is 1.17. The van der Waals surface area contributed by atoms with Crippen molar-refractivity contribution in [1.82, 2.24) is 10.3 Å². The summed E-state index contributed by atoms with van der Waals surface area (Å²) in [5.41, 5.74) is 3.12. The normalized spacial score (nSPS) is 16.2. The van der Waals surface area contributed by atoms with Gasteiger partial charge in [-0.05, 0) is 23.8 Å². The molecule has 0 saturated heterocycles. The highest BCUT2D eigenvalue weighted by Crippen LogP contribution is 2.34. The molecule has 4 rings (SSSR count). The van der Waals surface area contributed by atoms with Crippen molar-refractivity contribution in [3.05, 3.63) is 66.4 Å². The van der Waals surface area contributed by atoms with Crippen LogP contribution < -0.4 is 15.0 Å². The Kier molecular flexibility index (Phi) is 3.98. The van der Waals surface area contributed by atoms with Crippen molar-refractivity contribution in [3.8, 4) is 5.75 Å². The zero-order valence-corrected chi connectivity index (χ0v) is 14.0. The molecule has 0 fully saturated rings. The predicted octanol–water partition coefficient (Wildman–Crippen LogP) is 2.75. The molecule has 5 nitrogen and oxygen atoms in total. The maximum Gasteiger partial charge on any atom is 0.262 e. The lowest BCUT2D eigenvalue weighted by Crippen LogP contribution is -2.47. The first-order valence-corrected chi connectivity index (χ1v) is 8.31. The maximum atomic E-state index is 12.1. The van der Waals surface area contributed by atoms with Gasteiger partial charge in [-0.15, -0.1) is 0 Å². The first-order valence-electron chi connectivity index (χ1n) is 8.31. The minimum atomic E-state index is -0.525. The lowest BCUT2D eigenvalue weighted by molar-refractivity contribution is -0.127. The van der Waals surface area contributed by atoms with Crippen LogP contribution in [0.4, 0.5) is 5.69 Å². The molecule has 0 unspecified atom stereocenters. The Morgan fingerprint density at radius 1 is 1.20 bits per heavy atom. The molecule has 1 amide bonds. The zero-order chi connectivity index (χ0) is 17.2. The number of amides is 1. The molecule has 0 radical (unpaired) electrons. The highest BCUT2D eigenvalue weighted by molar-refractivity contribution is 5.84. The lowest BCUT2D eigenvalue weighted by atomic mass is 10.1. The van der Waals surface area contributed by atoms with Gasteiger partial charge in [0.25, 0.3) is 5.91 Å². The number of benzene rings is 2. The van der Waals surface area contributed by atoms with Gasteiger partial charge in [0, 0.05) is 25.2 Å². The molecule has 3 aromatic rings. The summed E-state index contributed by atoms with van der Waals surface area (Å²) in [5, 5.41) is 3.79. The largest absolute Gasteiger partial charge is 0.477 e. The first-order chi connectivity index (χ1) is 12.3. The van der Waals surface area contributed by atoms with Crippen molar-refractivity contribution in [2.75, 3.05) is 18.5 Å². The fourth-order valence-electron chi connectivity index (χ4n) is 3.25. The summed E-state index contributed by atoms with van der Waals surface area (Å²) in [6.07, 6.45) is 1.29. The van der Waals surface area contributed by atoms with Crippen molar-refractivity contribution in [2.24, 2.45) is 0 Å². The number of likely N-dealkylation sites (N-methyl/N-ethyl adjacent to an activating group) is 1. The third-order valence-corrected chi connectivity index (χ3v) is 4.48. The van der Waals surface area contributed by atoms with Crippen LogP contribution in [0.2, 0.25) is 0 Å². The number of rotatable bonds is 3. The molecule has 0 bridgehead atoms. The van der Waals surface area contributed by atoms with Crippen molar-refractivity contribution in [2.45, 2.75) is 12.6 Å². The molecule has 1 N–H and O–H groups in total. The van der Waals surface area contributed by atoms with E-state index in [1.165, 1.54) is 0 Å². The van der Waals surface area contributed by atoms with E-state index in [1.54, 1.807) is 7.05 Å². The van der Waals surface area contributed by atoms with Gasteiger partial charge in [-0.3, -0.25) is 9.78 Å². The Hall–Kier alpha value is -3.08. The number of carbonyl (C=O) groups excluding carboxylic acids is 1. The molecule has 0 saturated carbocycles. The number of hydrogen-bond donors (Lipinski definition) is 1. The fourth-order valence-corrected chi connectivity index (χ4v) is 3.25. The van der Waals surface area contributed by atoms with Gasteiger partial charge in [-0.25, -0.2) is 0 Å². The second-order valence-corrected chi connectivity index (χ2v) is 6.06. The van der Waals surface area contributed by atoms with Gasteiger partial charge in [-0.1, -0.05) is 36.4 Å². The van der Waals surface area contributed by atoms with Crippen LogP contribution >= 0.6 is 0 Å². The van der Waals surface area contributed by atoms with E-state index in [1.807, 2.05) is 42.6 Å². The van der Waals surface area contributed by atoms with E-state index in [-0.39, 0.29) is 5.91 Å². The Balaban J connectivity index is 1.72. The highest BCUT2D eigenvalue weighted by atomic mass is 16.5. The van der Waals surface area contributed by atoms with Crippen molar-refractivity contribution < 1.29 is 9.53 Å². The number of nitrogens with one attached hydrogen (secondary N) is 1. The monoisotopic (exact) mass is 333 g/mol. The number of anilines is 1. The van der Waals surface area contributed by atoms with Crippen LogP contribution in [0.15, 0.2) is 60.8 Å². The van der Waals surface area contributed by atoms with Gasteiger partial charge in [0.2, 0.25) is 0 Å². The van der Waals surface area contributed by atoms with Gasteiger partial charge in [0.1, 0.15) is 5.75 Å². The van der Waals surface area contributed by atoms with Gasteiger partial charge in [0.15, 0.2) is 6.10 Å². The van der Waals surface area contributed by atoms with Crippen molar-refractivity contribution in [3.63, 3.8) is 0 Å². The van der Waals surface area contributed by atoms with E-state index < -0.39 is 6.10 Å². The zero-order valence-electron chi connectivity index (χ0n) is 14.0. The summed E-state index contributed by atoms with van der Waals surface area (Å²) < 4.78 is 5.87. The molecule has 1 aromatic heterocycles. The lowest BCUT2D eigenvalue weighted by Gasteiger charge is -2.35.